The number of nitrogens with one attached hydrogen (secondary N) is 2. The molecule has 13 heavy (non-hydrogen) atoms. The molecule has 1 fully saturated rings. The number of carbonyl (C=O) groups is 1. The van der Waals surface area contributed by atoms with Crippen molar-refractivity contribution in [3.8, 4) is 0 Å². The largest absolute Gasteiger partial charge is 0.314 e. The van der Waals surface area contributed by atoms with Crippen LogP contribution in [0, 0.1) is 0 Å². The fourth-order valence-corrected chi connectivity index (χ4v) is 1.74. The Morgan fingerprint density at radius 2 is 2.62 bits per heavy atom. The van der Waals surface area contributed by atoms with Crippen LogP contribution in [0.15, 0.2) is 6.07 Å². The Kier molecular flexibility index (Phi) is 2.40. The molecule has 1 aliphatic heterocycles. The van der Waals surface area contributed by atoms with Gasteiger partial charge >= 0.3 is 0 Å². The first-order valence-electron chi connectivity index (χ1n) is 4.61. The number of aldehydes is 1. The van der Waals surface area contributed by atoms with E-state index in [4.69, 9.17) is 0 Å². The van der Waals surface area contributed by atoms with E-state index >= 15 is 0 Å². The lowest BCUT2D eigenvalue weighted by molar-refractivity contribution is 0.111. The highest BCUT2D eigenvalue weighted by Gasteiger charge is 2.15. The number of H-pyrrole nitrogens is 1. The summed E-state index contributed by atoms with van der Waals surface area (Å²) in [7, 11) is 0. The summed E-state index contributed by atoms with van der Waals surface area (Å²) in [5.41, 5.74) is 1.54. The second-order valence-electron chi connectivity index (χ2n) is 3.43. The molecule has 2 N–H and O–H groups in total. The predicted octanol–water partition coefficient (Wildman–Crippen LogP) is 0.517. The van der Waals surface area contributed by atoms with Gasteiger partial charge in [-0.15, -0.1) is 0 Å². The van der Waals surface area contributed by atoms with E-state index in [1.165, 1.54) is 12.8 Å². The molecule has 4 heteroatoms. The second kappa shape index (κ2) is 3.70. The average molecular weight is 179 g/mol. The highest BCUT2D eigenvalue weighted by Crippen LogP contribution is 2.10. The molecule has 0 bridgehead atoms. The van der Waals surface area contributed by atoms with E-state index in [1.807, 2.05) is 6.07 Å². The fourth-order valence-electron chi connectivity index (χ4n) is 1.74. The molecule has 1 aromatic rings. The summed E-state index contributed by atoms with van der Waals surface area (Å²) >= 11 is 0. The van der Waals surface area contributed by atoms with E-state index in [2.05, 4.69) is 15.5 Å². The van der Waals surface area contributed by atoms with Crippen LogP contribution in [0.3, 0.4) is 0 Å². The molecule has 1 saturated heterocycles. The maximum atomic E-state index is 10.4. The van der Waals surface area contributed by atoms with Crippen LogP contribution in [-0.4, -0.2) is 29.1 Å². The van der Waals surface area contributed by atoms with Crippen molar-refractivity contribution in [1.82, 2.24) is 15.5 Å². The molecule has 0 aliphatic carbocycles. The lowest BCUT2D eigenvalue weighted by Gasteiger charge is -2.06. The monoisotopic (exact) mass is 179 g/mol. The highest BCUT2D eigenvalue weighted by molar-refractivity contribution is 5.71. The van der Waals surface area contributed by atoms with Crippen molar-refractivity contribution in [3.63, 3.8) is 0 Å². The average Bonchev–Trinajstić information content (AvgIpc) is 2.76. The molecule has 1 aromatic heterocycles. The maximum Gasteiger partial charge on any atom is 0.170 e. The van der Waals surface area contributed by atoms with Crippen LogP contribution in [0.1, 0.15) is 29.0 Å². The Hall–Kier alpha value is -1.16. The van der Waals surface area contributed by atoms with Gasteiger partial charge in [0.25, 0.3) is 0 Å². The Morgan fingerprint density at radius 1 is 1.69 bits per heavy atom. The van der Waals surface area contributed by atoms with E-state index in [9.17, 15) is 4.79 Å². The topological polar surface area (TPSA) is 57.8 Å². The van der Waals surface area contributed by atoms with E-state index < -0.39 is 0 Å². The Bertz CT molecular complexity index is 289. The van der Waals surface area contributed by atoms with Gasteiger partial charge in [0.05, 0.1) is 0 Å². The van der Waals surface area contributed by atoms with Crippen molar-refractivity contribution in [2.45, 2.75) is 25.3 Å². The molecule has 1 aliphatic rings. The number of nitrogens with zero attached hydrogens (tertiary/aromatic N) is 1. The third kappa shape index (κ3) is 1.95. The van der Waals surface area contributed by atoms with Gasteiger partial charge in [-0.25, -0.2) is 0 Å². The molecule has 0 spiro atoms. The van der Waals surface area contributed by atoms with Gasteiger partial charge in [-0.1, -0.05) is 0 Å². The predicted molar refractivity (Wildman–Crippen MR) is 48.7 cm³/mol. The van der Waals surface area contributed by atoms with Gasteiger partial charge in [0, 0.05) is 18.2 Å². The normalized spacial score (nSPS) is 22.0. The number of aromatic nitrogens is 2. The maximum absolute atomic E-state index is 10.4. The van der Waals surface area contributed by atoms with Gasteiger partial charge in [0.15, 0.2) is 6.29 Å². The Labute approximate surface area is 76.7 Å². The van der Waals surface area contributed by atoms with Crippen molar-refractivity contribution in [2.24, 2.45) is 0 Å². The number of aromatic amines is 1. The minimum Gasteiger partial charge on any atom is -0.314 e. The first kappa shape index (κ1) is 8.44. The highest BCUT2D eigenvalue weighted by atomic mass is 16.1. The fraction of sp³-hybridized carbons (Fsp3) is 0.556. The smallest absolute Gasteiger partial charge is 0.170 e. The minimum atomic E-state index is 0.494. The van der Waals surface area contributed by atoms with Crippen LogP contribution >= 0.6 is 0 Å². The van der Waals surface area contributed by atoms with Gasteiger partial charge in [0.2, 0.25) is 0 Å². The third-order valence-electron chi connectivity index (χ3n) is 2.40. The van der Waals surface area contributed by atoms with Crippen molar-refractivity contribution < 1.29 is 4.79 Å². The summed E-state index contributed by atoms with van der Waals surface area (Å²) in [4.78, 5) is 10.4. The molecule has 0 aromatic carbocycles. The molecule has 2 heterocycles. The van der Waals surface area contributed by atoms with E-state index in [-0.39, 0.29) is 0 Å². The van der Waals surface area contributed by atoms with Crippen molar-refractivity contribution >= 4 is 6.29 Å². The number of carbonyl (C=O) groups excluding carboxylic acids is 1. The molecule has 1 atom stereocenters. The summed E-state index contributed by atoms with van der Waals surface area (Å²) in [6.45, 7) is 1.11. The summed E-state index contributed by atoms with van der Waals surface area (Å²) in [5.74, 6) is 0. The van der Waals surface area contributed by atoms with Crippen molar-refractivity contribution in [1.29, 1.82) is 0 Å². The molecule has 4 nitrogen and oxygen atoms in total. The molecular weight excluding hydrogens is 166 g/mol. The quantitative estimate of drug-likeness (QED) is 0.665. The summed E-state index contributed by atoms with van der Waals surface area (Å²) in [6, 6.07) is 2.37. The summed E-state index contributed by atoms with van der Waals surface area (Å²) in [6.07, 6.45) is 4.18. The first-order valence-corrected chi connectivity index (χ1v) is 4.61. The van der Waals surface area contributed by atoms with Crippen LogP contribution in [-0.2, 0) is 6.42 Å². The first-order chi connectivity index (χ1) is 6.38. The summed E-state index contributed by atoms with van der Waals surface area (Å²) in [5, 5.41) is 10.1. The Morgan fingerprint density at radius 3 is 3.23 bits per heavy atom. The lowest BCUT2D eigenvalue weighted by atomic mass is 10.1. The van der Waals surface area contributed by atoms with E-state index in [0.29, 0.717) is 11.7 Å². The standard InChI is InChI=1S/C9H13N3O/c13-6-9-5-8(11-12-9)4-7-2-1-3-10-7/h5-7,10H,1-4H2,(H,11,12). The van der Waals surface area contributed by atoms with Crippen molar-refractivity contribution in [3.05, 3.63) is 17.5 Å². The molecule has 1 unspecified atom stereocenters. The molecule has 2 rings (SSSR count). The third-order valence-corrected chi connectivity index (χ3v) is 2.40. The van der Waals surface area contributed by atoms with Crippen molar-refractivity contribution in [2.75, 3.05) is 6.54 Å². The molecule has 70 valence electrons. The number of rotatable bonds is 3. The van der Waals surface area contributed by atoms with Crippen LogP contribution in [0.25, 0.3) is 0 Å². The molecule has 0 saturated carbocycles. The van der Waals surface area contributed by atoms with Crippen LogP contribution in [0.4, 0.5) is 0 Å². The van der Waals surface area contributed by atoms with Gasteiger partial charge in [0.1, 0.15) is 5.69 Å². The molecule has 0 amide bonds. The van der Waals surface area contributed by atoms with Crippen LogP contribution in [0.2, 0.25) is 0 Å². The number of hydrogen-bond donors (Lipinski definition) is 2. The SMILES string of the molecule is O=Cc1cc(CC2CCCN2)[nH]n1. The van der Waals surface area contributed by atoms with E-state index in [1.54, 1.807) is 0 Å². The van der Waals surface area contributed by atoms with Gasteiger partial charge in [-0.05, 0) is 25.5 Å². The van der Waals surface area contributed by atoms with Gasteiger partial charge in [-0.3, -0.25) is 9.89 Å². The zero-order valence-corrected chi connectivity index (χ0v) is 7.42. The lowest BCUT2D eigenvalue weighted by Crippen LogP contribution is -2.23. The van der Waals surface area contributed by atoms with Gasteiger partial charge < -0.3 is 5.32 Å². The molecule has 0 radical (unpaired) electrons. The van der Waals surface area contributed by atoms with Gasteiger partial charge in [-0.2, -0.15) is 5.10 Å². The molecular formula is C9H13N3O. The minimum absolute atomic E-state index is 0.494. The van der Waals surface area contributed by atoms with Crippen LogP contribution < -0.4 is 5.32 Å². The van der Waals surface area contributed by atoms with Crippen LogP contribution in [0.5, 0.6) is 0 Å². The zero-order valence-electron chi connectivity index (χ0n) is 7.42. The van der Waals surface area contributed by atoms with E-state index in [0.717, 1.165) is 24.9 Å². The zero-order chi connectivity index (χ0) is 9.10. The second-order valence-corrected chi connectivity index (χ2v) is 3.43. The number of hydrogen-bond acceptors (Lipinski definition) is 3. The summed E-state index contributed by atoms with van der Waals surface area (Å²) < 4.78 is 0. The Balaban J connectivity index is 1.96.